The lowest BCUT2D eigenvalue weighted by Crippen LogP contribution is -2.38. The van der Waals surface area contributed by atoms with Crippen LogP contribution >= 0.6 is 0 Å². The number of hydrogen-bond donors (Lipinski definition) is 1. The summed E-state index contributed by atoms with van der Waals surface area (Å²) in [6.07, 6.45) is 0.932. The van der Waals surface area contributed by atoms with Crippen molar-refractivity contribution >= 4 is 5.96 Å². The van der Waals surface area contributed by atoms with Crippen LogP contribution in [0.15, 0.2) is 29.3 Å². The normalized spacial score (nSPS) is 11.3. The summed E-state index contributed by atoms with van der Waals surface area (Å²) >= 11 is 0. The average Bonchev–Trinajstić information content (AvgIpc) is 2.51. The van der Waals surface area contributed by atoms with E-state index < -0.39 is 0 Å². The van der Waals surface area contributed by atoms with Gasteiger partial charge in [0.15, 0.2) is 5.96 Å². The smallest absolute Gasteiger partial charge is 0.193 e. The number of ether oxygens (including phenoxy) is 2. The van der Waals surface area contributed by atoms with E-state index >= 15 is 0 Å². The van der Waals surface area contributed by atoms with Gasteiger partial charge in [-0.05, 0) is 31.0 Å². The molecule has 1 N–H and O–H groups in total. The van der Waals surface area contributed by atoms with Gasteiger partial charge in [-0.1, -0.05) is 12.1 Å². The Kier molecular flexibility index (Phi) is 8.28. The zero-order valence-corrected chi connectivity index (χ0v) is 13.6. The van der Waals surface area contributed by atoms with Crippen LogP contribution in [0.1, 0.15) is 18.9 Å². The molecule has 0 aliphatic carbocycles. The minimum atomic E-state index is 0.741. The minimum Gasteiger partial charge on any atom is -0.497 e. The number of nitrogens with one attached hydrogen (secondary N) is 1. The minimum absolute atomic E-state index is 0.741. The van der Waals surface area contributed by atoms with Crippen molar-refractivity contribution in [2.75, 3.05) is 41.0 Å². The molecule has 0 saturated heterocycles. The molecule has 0 aliphatic rings. The maximum absolute atomic E-state index is 5.17. The van der Waals surface area contributed by atoms with Crippen LogP contribution < -0.4 is 10.1 Å². The third kappa shape index (κ3) is 6.49. The molecule has 0 bridgehead atoms. The van der Waals surface area contributed by atoms with Gasteiger partial charge in [0.05, 0.1) is 7.11 Å². The number of nitrogens with zero attached hydrogens (tertiary/aromatic N) is 2. The first-order chi connectivity index (χ1) is 10.2. The third-order valence-electron chi connectivity index (χ3n) is 3.04. The largest absolute Gasteiger partial charge is 0.497 e. The van der Waals surface area contributed by atoms with E-state index in [-0.39, 0.29) is 0 Å². The Bertz CT molecular complexity index is 418. The van der Waals surface area contributed by atoms with Gasteiger partial charge >= 0.3 is 0 Å². The Hall–Kier alpha value is -1.75. The summed E-state index contributed by atoms with van der Waals surface area (Å²) in [5.41, 5.74) is 1.22. The van der Waals surface area contributed by atoms with Crippen LogP contribution in [-0.2, 0) is 11.3 Å². The van der Waals surface area contributed by atoms with E-state index in [1.54, 1.807) is 14.2 Å². The Morgan fingerprint density at radius 1 is 1.24 bits per heavy atom. The van der Waals surface area contributed by atoms with E-state index in [0.717, 1.165) is 44.4 Å². The first-order valence-electron chi connectivity index (χ1n) is 7.32. The van der Waals surface area contributed by atoms with E-state index in [2.05, 4.69) is 34.3 Å². The number of rotatable bonds is 8. The molecule has 0 amide bonds. The molecule has 0 saturated carbocycles. The Balaban J connectivity index is 2.59. The van der Waals surface area contributed by atoms with Crippen LogP contribution in [0, 0.1) is 0 Å². The fraction of sp³-hybridized carbons (Fsp3) is 0.562. The zero-order chi connectivity index (χ0) is 15.5. The fourth-order valence-corrected chi connectivity index (χ4v) is 1.94. The molecular weight excluding hydrogens is 266 g/mol. The lowest BCUT2D eigenvalue weighted by atomic mass is 10.2. The Labute approximate surface area is 128 Å². The van der Waals surface area contributed by atoms with Crippen LogP contribution in [0.25, 0.3) is 0 Å². The number of hydrogen-bond acceptors (Lipinski definition) is 3. The fourth-order valence-electron chi connectivity index (χ4n) is 1.94. The van der Waals surface area contributed by atoms with Gasteiger partial charge in [-0.25, -0.2) is 0 Å². The number of benzene rings is 1. The highest BCUT2D eigenvalue weighted by molar-refractivity contribution is 5.79. The monoisotopic (exact) mass is 293 g/mol. The molecule has 0 heterocycles. The highest BCUT2D eigenvalue weighted by Crippen LogP contribution is 2.12. The van der Waals surface area contributed by atoms with Gasteiger partial charge in [-0.15, -0.1) is 0 Å². The summed E-state index contributed by atoms with van der Waals surface area (Å²) in [6, 6.07) is 8.10. The maximum atomic E-state index is 5.17. The van der Waals surface area contributed by atoms with Crippen molar-refractivity contribution < 1.29 is 9.47 Å². The van der Waals surface area contributed by atoms with E-state index in [0.29, 0.717) is 0 Å². The second-order valence-corrected chi connectivity index (χ2v) is 4.79. The average molecular weight is 293 g/mol. The van der Waals surface area contributed by atoms with Crippen molar-refractivity contribution in [1.29, 1.82) is 0 Å². The molecule has 0 aromatic heterocycles. The molecule has 21 heavy (non-hydrogen) atoms. The summed E-state index contributed by atoms with van der Waals surface area (Å²) in [7, 11) is 5.43. The van der Waals surface area contributed by atoms with Gasteiger partial charge in [-0.2, -0.15) is 0 Å². The molecule has 0 unspecified atom stereocenters. The molecular formula is C16H27N3O2. The summed E-state index contributed by atoms with van der Waals surface area (Å²) in [5, 5.41) is 3.31. The highest BCUT2D eigenvalue weighted by Gasteiger charge is 2.06. The van der Waals surface area contributed by atoms with Crippen LogP contribution in [0.4, 0.5) is 0 Å². The quantitative estimate of drug-likeness (QED) is 0.453. The predicted octanol–water partition coefficient (Wildman–Crippen LogP) is 2.13. The molecule has 1 aromatic carbocycles. The van der Waals surface area contributed by atoms with Gasteiger partial charge in [0.1, 0.15) is 5.75 Å². The van der Waals surface area contributed by atoms with Crippen LogP contribution in [0.5, 0.6) is 5.75 Å². The molecule has 1 aromatic rings. The summed E-state index contributed by atoms with van der Waals surface area (Å²) in [6.45, 7) is 5.25. The Morgan fingerprint density at radius 2 is 1.95 bits per heavy atom. The lowest BCUT2D eigenvalue weighted by molar-refractivity contribution is 0.197. The topological polar surface area (TPSA) is 46.1 Å². The van der Waals surface area contributed by atoms with Gasteiger partial charge < -0.3 is 19.7 Å². The second kappa shape index (κ2) is 10.0. The summed E-state index contributed by atoms with van der Waals surface area (Å²) < 4.78 is 10.2. The van der Waals surface area contributed by atoms with E-state index in [9.17, 15) is 0 Å². The predicted molar refractivity (Wildman–Crippen MR) is 86.9 cm³/mol. The van der Waals surface area contributed by atoms with Gasteiger partial charge in [0, 0.05) is 40.4 Å². The van der Waals surface area contributed by atoms with Crippen molar-refractivity contribution in [3.05, 3.63) is 29.8 Å². The third-order valence-corrected chi connectivity index (χ3v) is 3.04. The SMILES string of the molecule is CCNC(=NCCCOC)N(C)Cc1ccc(OC)cc1. The maximum Gasteiger partial charge on any atom is 0.193 e. The molecule has 0 atom stereocenters. The van der Waals surface area contributed by atoms with Crippen LogP contribution in [0.2, 0.25) is 0 Å². The van der Waals surface area contributed by atoms with Crippen molar-refractivity contribution in [2.45, 2.75) is 19.9 Å². The standard InChI is InChI=1S/C16H27N3O2/c1-5-17-16(18-11-6-12-20-3)19(2)13-14-7-9-15(21-4)10-8-14/h7-10H,5-6,11-13H2,1-4H3,(H,17,18). The van der Waals surface area contributed by atoms with E-state index in [1.807, 2.05) is 19.2 Å². The van der Waals surface area contributed by atoms with Crippen molar-refractivity contribution in [3.8, 4) is 5.75 Å². The lowest BCUT2D eigenvalue weighted by Gasteiger charge is -2.22. The van der Waals surface area contributed by atoms with Gasteiger partial charge in [0.25, 0.3) is 0 Å². The van der Waals surface area contributed by atoms with E-state index in [1.165, 1.54) is 5.56 Å². The number of guanidine groups is 1. The molecule has 0 radical (unpaired) electrons. The van der Waals surface area contributed by atoms with Gasteiger partial charge in [-0.3, -0.25) is 4.99 Å². The highest BCUT2D eigenvalue weighted by atomic mass is 16.5. The molecule has 1 rings (SSSR count). The molecule has 5 nitrogen and oxygen atoms in total. The number of methoxy groups -OCH3 is 2. The number of aliphatic imine (C=N–C) groups is 1. The van der Waals surface area contributed by atoms with Crippen LogP contribution in [0.3, 0.4) is 0 Å². The summed E-state index contributed by atoms with van der Waals surface area (Å²) in [4.78, 5) is 6.73. The van der Waals surface area contributed by atoms with E-state index in [4.69, 9.17) is 9.47 Å². The Morgan fingerprint density at radius 3 is 2.52 bits per heavy atom. The molecule has 0 fully saturated rings. The first-order valence-corrected chi connectivity index (χ1v) is 7.32. The van der Waals surface area contributed by atoms with Crippen molar-refractivity contribution in [1.82, 2.24) is 10.2 Å². The zero-order valence-electron chi connectivity index (χ0n) is 13.6. The molecule has 118 valence electrons. The van der Waals surface area contributed by atoms with Crippen LogP contribution in [-0.4, -0.2) is 51.8 Å². The molecule has 0 spiro atoms. The molecule has 5 heteroatoms. The molecule has 0 aliphatic heterocycles. The van der Waals surface area contributed by atoms with Crippen molar-refractivity contribution in [2.24, 2.45) is 4.99 Å². The second-order valence-electron chi connectivity index (χ2n) is 4.79. The van der Waals surface area contributed by atoms with Gasteiger partial charge in [0.2, 0.25) is 0 Å². The summed E-state index contributed by atoms with van der Waals surface area (Å²) in [5.74, 6) is 1.80. The first kappa shape index (κ1) is 17.3. The van der Waals surface area contributed by atoms with Crippen molar-refractivity contribution in [3.63, 3.8) is 0 Å².